The summed E-state index contributed by atoms with van der Waals surface area (Å²) in [7, 11) is 1.78. The number of fused-ring (bicyclic) bond motifs is 1. The molecule has 124 valence electrons. The summed E-state index contributed by atoms with van der Waals surface area (Å²) < 4.78 is 7.59. The Morgan fingerprint density at radius 3 is 3.00 bits per heavy atom. The van der Waals surface area contributed by atoms with Crippen molar-refractivity contribution in [1.82, 2.24) is 14.5 Å². The van der Waals surface area contributed by atoms with Gasteiger partial charge in [-0.15, -0.1) is 0 Å². The molecule has 3 aromatic rings. The van der Waals surface area contributed by atoms with Gasteiger partial charge in [0, 0.05) is 20.1 Å². The molecule has 1 aliphatic heterocycles. The minimum absolute atomic E-state index is 0.101. The number of hydrogen-bond acceptors (Lipinski definition) is 6. The Morgan fingerprint density at radius 2 is 2.21 bits per heavy atom. The van der Waals surface area contributed by atoms with E-state index in [2.05, 4.69) is 9.97 Å². The highest BCUT2D eigenvalue weighted by Crippen LogP contribution is 2.34. The lowest BCUT2D eigenvalue weighted by molar-refractivity contribution is -0.388. The van der Waals surface area contributed by atoms with Crippen molar-refractivity contribution >= 4 is 22.7 Å². The quantitative estimate of drug-likeness (QED) is 0.543. The second-order valence-corrected chi connectivity index (χ2v) is 6.06. The lowest BCUT2D eigenvalue weighted by Crippen LogP contribution is -2.36. The average Bonchev–Trinajstić information content (AvgIpc) is 3.18. The van der Waals surface area contributed by atoms with Gasteiger partial charge in [0.25, 0.3) is 0 Å². The standard InChI is InChI=1S/C16H17N5O3/c1-19-10-17-14(21(22)23)16(19)20-8-4-5-11(9-20)15-18-12-6-2-3-7-13(12)24-15/h2-3,6-7,10-11H,4-5,8-9H2,1H3. The summed E-state index contributed by atoms with van der Waals surface area (Å²) in [6.07, 6.45) is 3.36. The maximum Gasteiger partial charge on any atom is 0.406 e. The summed E-state index contributed by atoms with van der Waals surface area (Å²) in [6, 6.07) is 7.68. The lowest BCUT2D eigenvalue weighted by Gasteiger charge is -2.32. The number of nitrogens with zero attached hydrogens (tertiary/aromatic N) is 5. The molecule has 0 radical (unpaired) electrons. The van der Waals surface area contributed by atoms with Crippen LogP contribution in [0.2, 0.25) is 0 Å². The average molecular weight is 327 g/mol. The molecule has 1 saturated heterocycles. The zero-order chi connectivity index (χ0) is 16.7. The van der Waals surface area contributed by atoms with E-state index in [-0.39, 0.29) is 11.7 Å². The van der Waals surface area contributed by atoms with Crippen molar-refractivity contribution in [2.24, 2.45) is 7.05 Å². The monoisotopic (exact) mass is 327 g/mol. The third kappa shape index (κ3) is 2.40. The summed E-state index contributed by atoms with van der Waals surface area (Å²) in [5.74, 6) is 1.25. The fourth-order valence-electron chi connectivity index (χ4n) is 3.34. The van der Waals surface area contributed by atoms with Gasteiger partial charge in [0.15, 0.2) is 11.5 Å². The number of hydrogen-bond donors (Lipinski definition) is 0. The van der Waals surface area contributed by atoms with E-state index in [1.54, 1.807) is 11.6 Å². The number of aryl methyl sites for hydroxylation is 1. The highest BCUT2D eigenvalue weighted by Gasteiger charge is 2.32. The molecule has 0 spiro atoms. The Hall–Kier alpha value is -2.90. The molecule has 0 bridgehead atoms. The van der Waals surface area contributed by atoms with E-state index < -0.39 is 4.92 Å². The predicted octanol–water partition coefficient (Wildman–Crippen LogP) is 2.85. The molecule has 0 amide bonds. The van der Waals surface area contributed by atoms with Crippen molar-refractivity contribution < 1.29 is 9.34 Å². The van der Waals surface area contributed by atoms with Crippen LogP contribution in [0.1, 0.15) is 24.7 Å². The molecule has 1 aliphatic rings. The maximum absolute atomic E-state index is 11.2. The molecule has 8 nitrogen and oxygen atoms in total. The van der Waals surface area contributed by atoms with Gasteiger partial charge in [-0.05, 0) is 34.9 Å². The second kappa shape index (κ2) is 5.63. The second-order valence-electron chi connectivity index (χ2n) is 6.06. The van der Waals surface area contributed by atoms with E-state index in [0.29, 0.717) is 18.3 Å². The fourth-order valence-corrected chi connectivity index (χ4v) is 3.34. The van der Waals surface area contributed by atoms with Gasteiger partial charge in [0.05, 0.1) is 5.92 Å². The van der Waals surface area contributed by atoms with Crippen LogP contribution >= 0.6 is 0 Å². The number of piperidine rings is 1. The molecule has 1 aromatic carbocycles. The molecule has 8 heteroatoms. The topological polar surface area (TPSA) is 90.2 Å². The van der Waals surface area contributed by atoms with E-state index in [1.807, 2.05) is 29.2 Å². The third-order valence-corrected chi connectivity index (χ3v) is 4.44. The van der Waals surface area contributed by atoms with Crippen molar-refractivity contribution in [2.45, 2.75) is 18.8 Å². The van der Waals surface area contributed by atoms with Crippen LogP contribution in [-0.2, 0) is 7.05 Å². The SMILES string of the molecule is Cn1cnc([N+](=O)[O-])c1N1CCCC(c2nc3ccccc3o2)C1. The smallest absolute Gasteiger partial charge is 0.406 e. The lowest BCUT2D eigenvalue weighted by atomic mass is 9.98. The van der Waals surface area contributed by atoms with Crippen LogP contribution in [0.25, 0.3) is 11.1 Å². The van der Waals surface area contributed by atoms with Gasteiger partial charge in [-0.1, -0.05) is 12.1 Å². The Labute approximate surface area is 137 Å². The van der Waals surface area contributed by atoms with Crippen LogP contribution in [-0.4, -0.2) is 32.5 Å². The van der Waals surface area contributed by atoms with Crippen LogP contribution in [0.3, 0.4) is 0 Å². The Kier molecular flexibility index (Phi) is 3.44. The normalized spacial score (nSPS) is 18.2. The van der Waals surface area contributed by atoms with Crippen LogP contribution in [0.4, 0.5) is 11.6 Å². The first-order valence-electron chi connectivity index (χ1n) is 7.89. The van der Waals surface area contributed by atoms with Gasteiger partial charge in [-0.2, -0.15) is 0 Å². The molecule has 0 N–H and O–H groups in total. The molecular weight excluding hydrogens is 310 g/mol. The van der Waals surface area contributed by atoms with Gasteiger partial charge >= 0.3 is 5.82 Å². The van der Waals surface area contributed by atoms with E-state index >= 15 is 0 Å². The third-order valence-electron chi connectivity index (χ3n) is 4.44. The summed E-state index contributed by atoms with van der Waals surface area (Å²) >= 11 is 0. The molecule has 1 fully saturated rings. The Bertz CT molecular complexity index is 867. The highest BCUT2D eigenvalue weighted by molar-refractivity contribution is 5.72. The van der Waals surface area contributed by atoms with Crippen LogP contribution < -0.4 is 4.90 Å². The van der Waals surface area contributed by atoms with Crippen LogP contribution in [0, 0.1) is 10.1 Å². The fraction of sp³-hybridized carbons (Fsp3) is 0.375. The Morgan fingerprint density at radius 1 is 1.38 bits per heavy atom. The number of anilines is 1. The molecule has 1 atom stereocenters. The van der Waals surface area contributed by atoms with Gasteiger partial charge in [-0.25, -0.2) is 4.98 Å². The molecule has 1 unspecified atom stereocenters. The molecule has 4 rings (SSSR count). The van der Waals surface area contributed by atoms with Crippen LogP contribution in [0.5, 0.6) is 0 Å². The number of para-hydroxylation sites is 2. The van der Waals surface area contributed by atoms with Crippen molar-refractivity contribution in [1.29, 1.82) is 0 Å². The number of benzene rings is 1. The Balaban J connectivity index is 1.64. The summed E-state index contributed by atoms with van der Waals surface area (Å²) in [5, 5.41) is 11.2. The van der Waals surface area contributed by atoms with E-state index in [4.69, 9.17) is 4.42 Å². The molecule has 2 aromatic heterocycles. The first-order valence-corrected chi connectivity index (χ1v) is 7.89. The minimum atomic E-state index is -0.432. The van der Waals surface area contributed by atoms with E-state index in [0.717, 1.165) is 30.5 Å². The summed E-state index contributed by atoms with van der Waals surface area (Å²) in [4.78, 5) is 21.3. The number of nitro groups is 1. The van der Waals surface area contributed by atoms with Gasteiger partial charge < -0.3 is 19.4 Å². The summed E-state index contributed by atoms with van der Waals surface area (Å²) in [6.45, 7) is 1.39. The molecular formula is C16H17N5O3. The van der Waals surface area contributed by atoms with Crippen molar-refractivity contribution in [3.63, 3.8) is 0 Å². The van der Waals surface area contributed by atoms with E-state index in [9.17, 15) is 10.1 Å². The first kappa shape index (κ1) is 14.7. The molecule has 24 heavy (non-hydrogen) atoms. The van der Waals surface area contributed by atoms with Gasteiger partial charge in [0.2, 0.25) is 12.1 Å². The van der Waals surface area contributed by atoms with Crippen molar-refractivity contribution in [3.8, 4) is 0 Å². The van der Waals surface area contributed by atoms with Gasteiger partial charge in [0.1, 0.15) is 5.52 Å². The highest BCUT2D eigenvalue weighted by atomic mass is 16.6. The number of aromatic nitrogens is 3. The number of rotatable bonds is 3. The number of oxazole rings is 1. The van der Waals surface area contributed by atoms with Crippen molar-refractivity contribution in [3.05, 3.63) is 46.6 Å². The molecule has 0 aliphatic carbocycles. The molecule has 3 heterocycles. The zero-order valence-electron chi connectivity index (χ0n) is 13.3. The van der Waals surface area contributed by atoms with Crippen LogP contribution in [0.15, 0.2) is 35.0 Å². The van der Waals surface area contributed by atoms with Gasteiger partial charge in [-0.3, -0.25) is 4.57 Å². The molecule has 0 saturated carbocycles. The predicted molar refractivity (Wildman–Crippen MR) is 88.1 cm³/mol. The maximum atomic E-state index is 11.2. The van der Waals surface area contributed by atoms with Crippen molar-refractivity contribution in [2.75, 3.05) is 18.0 Å². The van der Waals surface area contributed by atoms with E-state index in [1.165, 1.54) is 6.33 Å². The first-order chi connectivity index (χ1) is 11.6. The minimum Gasteiger partial charge on any atom is -0.440 e. The number of imidazole rings is 1. The zero-order valence-corrected chi connectivity index (χ0v) is 13.3. The largest absolute Gasteiger partial charge is 0.440 e. The summed E-state index contributed by atoms with van der Waals surface area (Å²) in [5.41, 5.74) is 1.62.